The van der Waals surface area contributed by atoms with Gasteiger partial charge in [0.05, 0.1) is 4.92 Å². The molecule has 0 N–H and O–H groups in total. The highest BCUT2D eigenvalue weighted by atomic mass is 32.1. The molecule has 0 spiro atoms. The van der Waals surface area contributed by atoms with Crippen LogP contribution in [0.3, 0.4) is 0 Å². The summed E-state index contributed by atoms with van der Waals surface area (Å²) in [5.74, 6) is 0.179. The number of nitro benzene ring substituents is 1. The van der Waals surface area contributed by atoms with Crippen molar-refractivity contribution >= 4 is 22.0 Å². The van der Waals surface area contributed by atoms with Crippen molar-refractivity contribution < 1.29 is 9.31 Å². The Hall–Kier alpha value is -3.20. The van der Waals surface area contributed by atoms with Crippen LogP contribution < -0.4 is 0 Å². The van der Waals surface area contributed by atoms with Crippen LogP contribution in [0.5, 0.6) is 0 Å². The molecule has 7 nitrogen and oxygen atoms in total. The van der Waals surface area contributed by atoms with E-state index in [0.717, 1.165) is 5.56 Å². The van der Waals surface area contributed by atoms with E-state index in [-0.39, 0.29) is 11.5 Å². The molecule has 2 aromatic heterocycles. The predicted octanol–water partition coefficient (Wildman–Crippen LogP) is 3.57. The van der Waals surface area contributed by atoms with E-state index in [9.17, 15) is 14.5 Å². The third-order valence-electron chi connectivity index (χ3n) is 3.42. The summed E-state index contributed by atoms with van der Waals surface area (Å²) in [5.41, 5.74) is 1.47. The summed E-state index contributed by atoms with van der Waals surface area (Å²) in [7, 11) is 0. The van der Waals surface area contributed by atoms with Crippen molar-refractivity contribution in [2.45, 2.75) is 0 Å². The van der Waals surface area contributed by atoms with Gasteiger partial charge in [0.2, 0.25) is 4.96 Å². The number of non-ortho nitro benzene ring substituents is 1. The minimum Gasteiger partial charge on any atom is -0.258 e. The number of hydrogen-bond donors (Lipinski definition) is 0. The van der Waals surface area contributed by atoms with Crippen LogP contribution in [0.4, 0.5) is 10.1 Å². The molecule has 2 heterocycles. The highest BCUT2D eigenvalue weighted by Crippen LogP contribution is 2.29. The van der Waals surface area contributed by atoms with E-state index in [2.05, 4.69) is 15.3 Å². The van der Waals surface area contributed by atoms with Crippen molar-refractivity contribution in [1.29, 1.82) is 0 Å². The minimum atomic E-state index is -0.449. The largest absolute Gasteiger partial charge is 0.269 e. The smallest absolute Gasteiger partial charge is 0.258 e. The first-order chi connectivity index (χ1) is 11.6. The zero-order valence-corrected chi connectivity index (χ0v) is 12.8. The van der Waals surface area contributed by atoms with Gasteiger partial charge in [-0.05, 0) is 36.4 Å². The molecule has 0 aliphatic rings. The van der Waals surface area contributed by atoms with E-state index in [0.29, 0.717) is 21.4 Å². The van der Waals surface area contributed by atoms with Crippen LogP contribution in [0.15, 0.2) is 48.5 Å². The molecule has 0 saturated carbocycles. The van der Waals surface area contributed by atoms with Crippen LogP contribution in [-0.4, -0.2) is 24.7 Å². The molecule has 118 valence electrons. The number of hydrogen-bond acceptors (Lipinski definition) is 6. The highest BCUT2D eigenvalue weighted by Gasteiger charge is 2.15. The summed E-state index contributed by atoms with van der Waals surface area (Å²) in [6.45, 7) is 0. The van der Waals surface area contributed by atoms with Gasteiger partial charge in [0.15, 0.2) is 5.82 Å². The Kier molecular flexibility index (Phi) is 3.28. The first kappa shape index (κ1) is 14.4. The van der Waals surface area contributed by atoms with Gasteiger partial charge in [-0.25, -0.2) is 4.39 Å². The summed E-state index contributed by atoms with van der Waals surface area (Å²) in [4.78, 5) is 10.9. The quantitative estimate of drug-likeness (QED) is 0.420. The normalized spacial score (nSPS) is 11.0. The molecule has 0 unspecified atom stereocenters. The van der Waals surface area contributed by atoms with Crippen molar-refractivity contribution in [3.63, 3.8) is 0 Å². The van der Waals surface area contributed by atoms with Gasteiger partial charge in [0, 0.05) is 23.3 Å². The summed E-state index contributed by atoms with van der Waals surface area (Å²) >= 11 is 1.32. The summed E-state index contributed by atoms with van der Waals surface area (Å²) in [5, 5.41) is 24.0. The third kappa shape index (κ3) is 2.40. The first-order valence-electron chi connectivity index (χ1n) is 6.85. The molecule has 2 aromatic carbocycles. The van der Waals surface area contributed by atoms with Crippen molar-refractivity contribution in [3.05, 3.63) is 64.5 Å². The van der Waals surface area contributed by atoms with Crippen LogP contribution in [0.2, 0.25) is 0 Å². The number of rotatable bonds is 3. The maximum atomic E-state index is 13.1. The highest BCUT2D eigenvalue weighted by molar-refractivity contribution is 7.19. The van der Waals surface area contributed by atoms with E-state index in [4.69, 9.17) is 0 Å². The first-order valence-corrected chi connectivity index (χ1v) is 7.66. The Balaban J connectivity index is 1.76. The number of fused-ring (bicyclic) bond motifs is 1. The Morgan fingerprint density at radius 3 is 2.33 bits per heavy atom. The fourth-order valence-electron chi connectivity index (χ4n) is 2.24. The zero-order chi connectivity index (χ0) is 16.7. The van der Waals surface area contributed by atoms with Crippen molar-refractivity contribution in [2.75, 3.05) is 0 Å². The average Bonchev–Trinajstić information content (AvgIpc) is 3.16. The van der Waals surface area contributed by atoms with Crippen LogP contribution >= 0.6 is 11.3 Å². The molecular weight excluding hydrogens is 333 g/mol. The molecule has 0 saturated heterocycles. The Morgan fingerprint density at radius 2 is 1.67 bits per heavy atom. The van der Waals surface area contributed by atoms with Gasteiger partial charge in [0.25, 0.3) is 5.69 Å². The molecule has 0 atom stereocenters. The van der Waals surface area contributed by atoms with E-state index in [1.165, 1.54) is 35.6 Å². The molecular formula is C15H8FN5O2S. The van der Waals surface area contributed by atoms with Crippen molar-refractivity contribution in [3.8, 4) is 22.0 Å². The van der Waals surface area contributed by atoms with E-state index >= 15 is 0 Å². The molecule has 0 fully saturated rings. The van der Waals surface area contributed by atoms with E-state index in [1.54, 1.807) is 28.8 Å². The zero-order valence-electron chi connectivity index (χ0n) is 12.0. The Morgan fingerprint density at radius 1 is 1.00 bits per heavy atom. The molecule has 0 aliphatic carbocycles. The van der Waals surface area contributed by atoms with E-state index in [1.807, 2.05) is 0 Å². The molecule has 0 bridgehead atoms. The molecule has 0 radical (unpaired) electrons. The molecule has 0 aliphatic heterocycles. The number of aromatic nitrogens is 4. The Bertz CT molecular complexity index is 1040. The van der Waals surface area contributed by atoms with Crippen LogP contribution in [-0.2, 0) is 0 Å². The number of benzene rings is 2. The minimum absolute atomic E-state index is 0.0220. The lowest BCUT2D eigenvalue weighted by Crippen LogP contribution is -1.91. The monoisotopic (exact) mass is 341 g/mol. The van der Waals surface area contributed by atoms with Gasteiger partial charge in [-0.1, -0.05) is 11.3 Å². The summed E-state index contributed by atoms with van der Waals surface area (Å²) < 4.78 is 14.6. The van der Waals surface area contributed by atoms with Crippen LogP contribution in [0.1, 0.15) is 0 Å². The second kappa shape index (κ2) is 5.46. The second-order valence-corrected chi connectivity index (χ2v) is 5.89. The maximum Gasteiger partial charge on any atom is 0.269 e. The average molecular weight is 341 g/mol. The molecule has 0 amide bonds. The van der Waals surface area contributed by atoms with Crippen molar-refractivity contribution in [2.24, 2.45) is 0 Å². The van der Waals surface area contributed by atoms with Crippen LogP contribution in [0.25, 0.3) is 26.9 Å². The Labute approximate surface area is 138 Å². The fraction of sp³-hybridized carbons (Fsp3) is 0. The van der Waals surface area contributed by atoms with Gasteiger partial charge < -0.3 is 0 Å². The predicted molar refractivity (Wildman–Crippen MR) is 86.1 cm³/mol. The molecule has 24 heavy (non-hydrogen) atoms. The van der Waals surface area contributed by atoms with Crippen molar-refractivity contribution in [1.82, 2.24) is 19.8 Å². The third-order valence-corrected chi connectivity index (χ3v) is 4.37. The van der Waals surface area contributed by atoms with Crippen LogP contribution in [0, 0.1) is 15.9 Å². The summed E-state index contributed by atoms with van der Waals surface area (Å²) in [6.07, 6.45) is 0. The number of halogens is 1. The van der Waals surface area contributed by atoms with E-state index < -0.39 is 4.92 Å². The lowest BCUT2D eigenvalue weighted by atomic mass is 10.2. The van der Waals surface area contributed by atoms with Gasteiger partial charge >= 0.3 is 0 Å². The van der Waals surface area contributed by atoms with Gasteiger partial charge in [0.1, 0.15) is 10.8 Å². The lowest BCUT2D eigenvalue weighted by molar-refractivity contribution is -0.384. The van der Waals surface area contributed by atoms with Gasteiger partial charge in [-0.2, -0.15) is 9.61 Å². The standard InChI is InChI=1S/C15H8FN5O2S/c16-11-5-1-9(2-6-11)13-17-18-15-20(13)19-14(24-15)10-3-7-12(8-4-10)21(22)23/h1-8H. The molecule has 4 aromatic rings. The SMILES string of the molecule is O=[N+]([O-])c1ccc(-c2nn3c(-c4ccc(F)cc4)nnc3s2)cc1. The topological polar surface area (TPSA) is 86.2 Å². The summed E-state index contributed by atoms with van der Waals surface area (Å²) in [6, 6.07) is 12.0. The fourth-order valence-corrected chi connectivity index (χ4v) is 3.08. The number of nitrogens with zero attached hydrogens (tertiary/aromatic N) is 5. The number of nitro groups is 1. The lowest BCUT2D eigenvalue weighted by Gasteiger charge is -1.97. The molecule has 9 heteroatoms. The van der Waals surface area contributed by atoms with Gasteiger partial charge in [-0.3, -0.25) is 10.1 Å². The van der Waals surface area contributed by atoms with Gasteiger partial charge in [-0.15, -0.1) is 10.2 Å². The molecule has 4 rings (SSSR count). The maximum absolute atomic E-state index is 13.1. The second-order valence-electron chi connectivity index (χ2n) is 4.94.